The number of H-pyrrole nitrogens is 1. The Morgan fingerprint density at radius 2 is 2.20 bits per heavy atom. The van der Waals surface area contributed by atoms with Crippen LogP contribution in [0.15, 0.2) is 27.0 Å². The number of tetrazole rings is 1. The van der Waals surface area contributed by atoms with Crippen molar-refractivity contribution in [2.24, 2.45) is 5.16 Å². The molecule has 0 aliphatic carbocycles. The van der Waals surface area contributed by atoms with E-state index in [0.717, 1.165) is 28.0 Å². The first-order chi connectivity index (χ1) is 18.9. The van der Waals surface area contributed by atoms with E-state index in [2.05, 4.69) is 36.1 Å². The van der Waals surface area contributed by atoms with E-state index in [1.165, 1.54) is 31.0 Å². The number of hydrogen-bond donors (Lipinski definition) is 5. The second kappa shape index (κ2) is 11.5. The third-order valence-electron chi connectivity index (χ3n) is 5.59. The Morgan fingerprint density at radius 1 is 1.45 bits per heavy atom. The molecule has 0 saturated carbocycles. The molecule has 17 nitrogen and oxygen atoms in total. The van der Waals surface area contributed by atoms with E-state index in [4.69, 9.17) is 10.6 Å². The van der Waals surface area contributed by atoms with Gasteiger partial charge in [0, 0.05) is 16.4 Å². The Hall–Kier alpha value is -4.22. The lowest BCUT2D eigenvalue weighted by Gasteiger charge is -2.50. The number of oxime groups is 1. The first-order valence-electron chi connectivity index (χ1n) is 11.1. The minimum Gasteiger partial charge on any atom is -0.478 e. The van der Waals surface area contributed by atoms with Gasteiger partial charge in [0.25, 0.3) is 11.8 Å². The number of carbonyl (C=O) groups is 4. The number of carbonyl (C=O) groups excluding carboxylic acids is 2. The molecule has 20 heteroatoms. The predicted molar refractivity (Wildman–Crippen MR) is 140 cm³/mol. The number of nitriles is 1. The van der Waals surface area contributed by atoms with Crippen LogP contribution in [0, 0.1) is 11.3 Å². The molecule has 0 spiro atoms. The van der Waals surface area contributed by atoms with E-state index in [0.29, 0.717) is 5.57 Å². The lowest BCUT2D eigenvalue weighted by molar-refractivity contribution is -0.161. The van der Waals surface area contributed by atoms with E-state index in [-0.39, 0.29) is 33.9 Å². The monoisotopic (exact) mass is 608 g/mol. The molecule has 2 aromatic rings. The Bertz CT molecular complexity index is 1450. The highest BCUT2D eigenvalue weighted by Gasteiger charge is 2.55. The molecule has 2 aliphatic heterocycles. The van der Waals surface area contributed by atoms with Crippen molar-refractivity contribution in [3.63, 3.8) is 0 Å². The maximum Gasteiger partial charge on any atom is 0.352 e. The van der Waals surface area contributed by atoms with Crippen LogP contribution in [0.5, 0.6) is 0 Å². The molecule has 0 radical (unpaired) electrons. The van der Waals surface area contributed by atoms with Crippen molar-refractivity contribution in [2.75, 3.05) is 11.5 Å². The third kappa shape index (κ3) is 5.70. The molecule has 0 bridgehead atoms. The van der Waals surface area contributed by atoms with Crippen LogP contribution in [-0.2, 0) is 24.0 Å². The lowest BCUT2D eigenvalue weighted by Crippen LogP contribution is -2.71. The van der Waals surface area contributed by atoms with Crippen LogP contribution in [0.1, 0.15) is 26.0 Å². The van der Waals surface area contributed by atoms with Crippen LogP contribution in [0.3, 0.4) is 0 Å². The zero-order chi connectivity index (χ0) is 29.2. The lowest BCUT2D eigenvalue weighted by atomic mass is 10.00. The summed E-state index contributed by atoms with van der Waals surface area (Å²) in [6.07, 6.45) is -0.0813. The number of aromatic nitrogens is 5. The summed E-state index contributed by atoms with van der Waals surface area (Å²) < 4.78 is 0. The molecule has 40 heavy (non-hydrogen) atoms. The molecule has 1 saturated heterocycles. The second-order valence-electron chi connectivity index (χ2n) is 8.62. The average molecular weight is 609 g/mol. The molecular formula is C20H20N10O7S3. The highest BCUT2D eigenvalue weighted by Crippen LogP contribution is 2.44. The van der Waals surface area contributed by atoms with Crippen LogP contribution < -0.4 is 11.1 Å². The van der Waals surface area contributed by atoms with Crippen molar-refractivity contribution in [1.82, 2.24) is 35.8 Å². The first-order valence-corrected chi connectivity index (χ1v) is 13.9. The van der Waals surface area contributed by atoms with Crippen LogP contribution in [0.25, 0.3) is 0 Å². The maximum atomic E-state index is 13.2. The molecular weight excluding hydrogens is 588 g/mol. The molecule has 1 fully saturated rings. The van der Waals surface area contributed by atoms with Gasteiger partial charge in [0.15, 0.2) is 10.8 Å². The van der Waals surface area contributed by atoms with Gasteiger partial charge in [0.1, 0.15) is 22.8 Å². The van der Waals surface area contributed by atoms with Crippen molar-refractivity contribution in [2.45, 2.75) is 47.7 Å². The van der Waals surface area contributed by atoms with Crippen LogP contribution >= 0.6 is 34.9 Å². The number of thiazole rings is 1. The number of aliphatic carboxylic acids is 2. The number of anilines is 1. The Balaban J connectivity index is 1.58. The van der Waals surface area contributed by atoms with Crippen LogP contribution in [-0.4, -0.2) is 98.2 Å². The highest BCUT2D eigenvalue weighted by molar-refractivity contribution is 8.01. The second-order valence-corrected chi connectivity index (χ2v) is 11.8. The summed E-state index contributed by atoms with van der Waals surface area (Å²) in [7, 11) is 0. The molecule has 4 rings (SSSR count). The number of hydrogen-bond acceptors (Lipinski definition) is 15. The number of carboxylic acid groups (broad SMARTS) is 2. The molecule has 3 unspecified atom stereocenters. The topological polar surface area (TPSA) is 263 Å². The van der Waals surface area contributed by atoms with Gasteiger partial charge in [0.05, 0.1) is 12.5 Å². The smallest absolute Gasteiger partial charge is 0.352 e. The Kier molecular flexibility index (Phi) is 8.26. The van der Waals surface area contributed by atoms with Crippen LogP contribution in [0.2, 0.25) is 0 Å². The molecule has 210 valence electrons. The number of carboxylic acids is 2. The summed E-state index contributed by atoms with van der Waals surface area (Å²) in [6, 6.07) is 0.869. The molecule has 2 aliphatic rings. The summed E-state index contributed by atoms with van der Waals surface area (Å²) in [5.41, 5.74) is 3.49. The summed E-state index contributed by atoms with van der Waals surface area (Å²) in [5.74, 6) is -4.19. The van der Waals surface area contributed by atoms with Gasteiger partial charge in [-0.1, -0.05) is 16.9 Å². The number of nitrogen functional groups attached to an aromatic ring is 1. The molecule has 0 aromatic carbocycles. The predicted octanol–water partition coefficient (Wildman–Crippen LogP) is -0.365. The molecule has 3 atom stereocenters. The number of aromatic amines is 1. The molecule has 2 aromatic heterocycles. The van der Waals surface area contributed by atoms with E-state index >= 15 is 0 Å². The van der Waals surface area contributed by atoms with Crippen molar-refractivity contribution in [1.29, 1.82) is 5.26 Å². The third-order valence-corrected chi connectivity index (χ3v) is 8.68. The number of thioether (sulfide) groups is 2. The van der Waals surface area contributed by atoms with Crippen molar-refractivity contribution in [3.8, 4) is 6.07 Å². The Labute approximate surface area is 237 Å². The van der Waals surface area contributed by atoms with Gasteiger partial charge in [-0.15, -0.1) is 33.3 Å². The van der Waals surface area contributed by atoms with Crippen molar-refractivity contribution in [3.05, 3.63) is 22.3 Å². The highest BCUT2D eigenvalue weighted by atomic mass is 32.2. The quantitative estimate of drug-likeness (QED) is 0.0943. The number of β-lactam (4-membered cyclic amide) rings is 1. The molecule has 6 N–H and O–H groups in total. The average Bonchev–Trinajstić information content (AvgIpc) is 3.57. The van der Waals surface area contributed by atoms with E-state index in [1.807, 2.05) is 6.07 Å². The number of nitrogens with two attached hydrogens (primary N) is 1. The minimum atomic E-state index is -1.79. The van der Waals surface area contributed by atoms with Crippen molar-refractivity contribution < 1.29 is 34.2 Å². The van der Waals surface area contributed by atoms with E-state index in [1.54, 1.807) is 0 Å². The fourth-order valence-electron chi connectivity index (χ4n) is 3.55. The van der Waals surface area contributed by atoms with Gasteiger partial charge in [-0.3, -0.25) is 14.5 Å². The first kappa shape index (κ1) is 28.8. The standard InChI is InChI=1S/C20H20N10O7S3/c1-20(2,17(35)36)37-27-10(8-6-39-18(22)23-8)13(31)24-11-14(32)30-12(16(33)34)7(5-38-15(11)30)9(3-4-21)40-19-25-28-29-26-19/h6,9,11,15H,3,5H2,1-2H3,(H2,22,23)(H,24,31)(H,33,34)(H,35,36)(H,25,26,28,29)/b27-10+. The summed E-state index contributed by atoms with van der Waals surface area (Å²) in [6.45, 7) is 2.45. The summed E-state index contributed by atoms with van der Waals surface area (Å²) in [4.78, 5) is 60.2. The molecule has 4 heterocycles. The summed E-state index contributed by atoms with van der Waals surface area (Å²) in [5, 5.41) is 48.5. The maximum absolute atomic E-state index is 13.2. The van der Waals surface area contributed by atoms with Gasteiger partial charge < -0.3 is 26.1 Å². The van der Waals surface area contributed by atoms with Gasteiger partial charge in [-0.2, -0.15) is 10.5 Å². The van der Waals surface area contributed by atoms with Crippen molar-refractivity contribution >= 4 is 69.5 Å². The van der Waals surface area contributed by atoms with Gasteiger partial charge in [-0.25, -0.2) is 14.6 Å². The fraction of sp³-hybridized carbons (Fsp3) is 0.400. The van der Waals surface area contributed by atoms with Gasteiger partial charge in [0.2, 0.25) is 10.8 Å². The number of rotatable bonds is 11. The fourth-order valence-corrected chi connectivity index (χ4v) is 6.56. The Morgan fingerprint density at radius 3 is 2.77 bits per heavy atom. The van der Waals surface area contributed by atoms with E-state index in [9.17, 15) is 34.7 Å². The van der Waals surface area contributed by atoms with Gasteiger partial charge >= 0.3 is 11.9 Å². The largest absolute Gasteiger partial charge is 0.478 e. The zero-order valence-corrected chi connectivity index (χ0v) is 23.0. The molecule has 2 amide bonds. The zero-order valence-electron chi connectivity index (χ0n) is 20.6. The number of nitrogens with one attached hydrogen (secondary N) is 2. The van der Waals surface area contributed by atoms with Gasteiger partial charge in [-0.05, 0) is 24.6 Å². The minimum absolute atomic E-state index is 0.00708. The van der Waals surface area contributed by atoms with E-state index < -0.39 is 51.7 Å². The summed E-state index contributed by atoms with van der Waals surface area (Å²) >= 11 is 3.23. The normalized spacial score (nSPS) is 19.8. The van der Waals surface area contributed by atoms with Crippen LogP contribution in [0.4, 0.5) is 5.13 Å². The number of fused-ring (bicyclic) bond motifs is 1. The number of nitrogens with zero attached hydrogens (tertiary/aromatic N) is 7. The SMILES string of the molecule is CC(C)(O/N=C(/C(=O)NC1C(=O)N2C(C(=O)O)=C(C(CC#N)Sc3nn[nH]n3)CSC12)c1csc(N)n1)C(=O)O. The number of amides is 2.